The van der Waals surface area contributed by atoms with Crippen molar-refractivity contribution in [2.24, 2.45) is 0 Å². The Morgan fingerprint density at radius 2 is 1.74 bits per heavy atom. The zero-order chi connectivity index (χ0) is 19.9. The third-order valence-corrected chi connectivity index (χ3v) is 5.30. The molecule has 2 N–H and O–H groups in total. The molecule has 1 aliphatic carbocycles. The lowest BCUT2D eigenvalue weighted by Gasteiger charge is -2.48. The van der Waals surface area contributed by atoms with E-state index in [1.807, 2.05) is 12.1 Å². The van der Waals surface area contributed by atoms with E-state index in [0.29, 0.717) is 24.3 Å². The standard InChI is InChI=1S/C20H29NO6/c1-20(2,3)27-19(24)21-10-11-8-15(25-4)16(26-5)9-13(11)12-6-7-14(22)18(23)17(12)21/h8-9,12,14,17-18,22-23H,6-7,10H2,1-5H3/t12-,14+,17+,18+/m0/s1. The number of carbonyl (C=O) groups excluding carboxylic acids is 1. The van der Waals surface area contributed by atoms with Crippen molar-refractivity contribution < 1.29 is 29.2 Å². The van der Waals surface area contributed by atoms with Crippen molar-refractivity contribution in [2.45, 2.75) is 69.9 Å². The van der Waals surface area contributed by atoms with Crippen LogP contribution in [0.2, 0.25) is 0 Å². The molecule has 0 spiro atoms. The lowest BCUT2D eigenvalue weighted by molar-refractivity contribution is -0.0823. The summed E-state index contributed by atoms with van der Waals surface area (Å²) in [6.07, 6.45) is -1.26. The number of rotatable bonds is 2. The highest BCUT2D eigenvalue weighted by atomic mass is 16.6. The highest BCUT2D eigenvalue weighted by Crippen LogP contribution is 2.46. The second kappa shape index (κ2) is 7.20. The van der Waals surface area contributed by atoms with Crippen LogP contribution >= 0.6 is 0 Å². The number of carbonyl (C=O) groups is 1. The molecule has 1 aromatic rings. The average molecular weight is 379 g/mol. The molecule has 1 aromatic carbocycles. The summed E-state index contributed by atoms with van der Waals surface area (Å²) in [6.45, 7) is 5.69. The van der Waals surface area contributed by atoms with Gasteiger partial charge in [-0.25, -0.2) is 4.79 Å². The highest BCUT2D eigenvalue weighted by Gasteiger charge is 2.48. The molecule has 0 unspecified atom stereocenters. The van der Waals surface area contributed by atoms with Crippen LogP contribution in [0.15, 0.2) is 12.1 Å². The Bertz CT molecular complexity index is 713. The number of aliphatic hydroxyl groups excluding tert-OH is 2. The minimum absolute atomic E-state index is 0.112. The highest BCUT2D eigenvalue weighted by molar-refractivity contribution is 5.70. The fourth-order valence-corrected chi connectivity index (χ4v) is 4.11. The van der Waals surface area contributed by atoms with Crippen molar-refractivity contribution in [3.8, 4) is 11.5 Å². The molecule has 1 fully saturated rings. The van der Waals surface area contributed by atoms with Gasteiger partial charge >= 0.3 is 6.09 Å². The molecule has 7 heteroatoms. The van der Waals surface area contributed by atoms with E-state index in [2.05, 4.69) is 0 Å². The van der Waals surface area contributed by atoms with Gasteiger partial charge in [-0.05, 0) is 56.9 Å². The third-order valence-electron chi connectivity index (χ3n) is 5.30. The molecule has 27 heavy (non-hydrogen) atoms. The fraction of sp³-hybridized carbons (Fsp3) is 0.650. The van der Waals surface area contributed by atoms with Gasteiger partial charge in [0.2, 0.25) is 0 Å². The summed E-state index contributed by atoms with van der Waals surface area (Å²) >= 11 is 0. The summed E-state index contributed by atoms with van der Waals surface area (Å²) in [6, 6.07) is 3.25. The van der Waals surface area contributed by atoms with Crippen LogP contribution in [0.1, 0.15) is 50.7 Å². The van der Waals surface area contributed by atoms with Crippen LogP contribution < -0.4 is 9.47 Å². The molecule has 0 radical (unpaired) electrons. The van der Waals surface area contributed by atoms with Crippen molar-refractivity contribution in [1.82, 2.24) is 4.90 Å². The summed E-state index contributed by atoms with van der Waals surface area (Å²) < 4.78 is 16.4. The molecule has 1 heterocycles. The first-order chi connectivity index (χ1) is 12.7. The van der Waals surface area contributed by atoms with E-state index in [4.69, 9.17) is 14.2 Å². The smallest absolute Gasteiger partial charge is 0.410 e. The van der Waals surface area contributed by atoms with Crippen molar-refractivity contribution in [2.75, 3.05) is 14.2 Å². The number of hydrogen-bond acceptors (Lipinski definition) is 6. The molecule has 1 saturated carbocycles. The van der Waals surface area contributed by atoms with Crippen LogP contribution in [-0.4, -0.2) is 59.3 Å². The van der Waals surface area contributed by atoms with Gasteiger partial charge in [0.25, 0.3) is 0 Å². The summed E-state index contributed by atoms with van der Waals surface area (Å²) in [7, 11) is 3.15. The Balaban J connectivity index is 2.05. The predicted molar refractivity (Wildman–Crippen MR) is 99.1 cm³/mol. The summed E-state index contributed by atoms with van der Waals surface area (Å²) in [4.78, 5) is 14.4. The molecule has 7 nitrogen and oxygen atoms in total. The van der Waals surface area contributed by atoms with Crippen LogP contribution in [0.25, 0.3) is 0 Å². The molecule has 150 valence electrons. The van der Waals surface area contributed by atoms with E-state index < -0.39 is 29.9 Å². The van der Waals surface area contributed by atoms with E-state index in [9.17, 15) is 15.0 Å². The normalized spacial score (nSPS) is 27.4. The number of fused-ring (bicyclic) bond motifs is 3. The van der Waals surface area contributed by atoms with Gasteiger partial charge in [-0.3, -0.25) is 4.90 Å². The summed E-state index contributed by atoms with van der Waals surface area (Å²) in [5.41, 5.74) is 1.30. The number of ether oxygens (including phenoxy) is 3. The number of aliphatic hydroxyl groups is 2. The lowest BCUT2D eigenvalue weighted by Crippen LogP contribution is -2.58. The number of amides is 1. The SMILES string of the molecule is COc1cc2c(cc1OC)[C@@H]1CC[C@@H](O)[C@@H](O)[C@@H]1N(C(=O)OC(C)(C)C)C2. The van der Waals surface area contributed by atoms with Crippen molar-refractivity contribution in [3.63, 3.8) is 0 Å². The first-order valence-corrected chi connectivity index (χ1v) is 9.26. The maximum atomic E-state index is 12.9. The molecule has 0 bridgehead atoms. The molecular weight excluding hydrogens is 350 g/mol. The van der Waals surface area contributed by atoms with E-state index in [1.54, 1.807) is 35.0 Å². The Hall–Kier alpha value is -1.99. The molecular formula is C20H29NO6. The van der Waals surface area contributed by atoms with E-state index in [0.717, 1.165) is 11.1 Å². The van der Waals surface area contributed by atoms with Crippen molar-refractivity contribution in [3.05, 3.63) is 23.3 Å². The minimum atomic E-state index is -1.03. The molecule has 1 aliphatic heterocycles. The zero-order valence-corrected chi connectivity index (χ0v) is 16.6. The maximum absolute atomic E-state index is 12.9. The molecule has 0 saturated heterocycles. The predicted octanol–water partition coefficient (Wildman–Crippen LogP) is 2.42. The van der Waals surface area contributed by atoms with Crippen molar-refractivity contribution >= 4 is 6.09 Å². The quantitative estimate of drug-likeness (QED) is 0.820. The van der Waals surface area contributed by atoms with E-state index in [-0.39, 0.29) is 12.5 Å². The molecule has 4 atom stereocenters. The first-order valence-electron chi connectivity index (χ1n) is 9.26. The Morgan fingerprint density at radius 3 is 2.33 bits per heavy atom. The van der Waals surface area contributed by atoms with Gasteiger partial charge in [-0.2, -0.15) is 0 Å². The Labute approximate surface area is 159 Å². The van der Waals surface area contributed by atoms with Gasteiger partial charge in [-0.1, -0.05) is 0 Å². The molecule has 1 amide bonds. The van der Waals surface area contributed by atoms with E-state index >= 15 is 0 Å². The lowest BCUT2D eigenvalue weighted by atomic mass is 9.72. The Morgan fingerprint density at radius 1 is 1.11 bits per heavy atom. The molecule has 3 rings (SSSR count). The average Bonchev–Trinajstić information content (AvgIpc) is 2.61. The largest absolute Gasteiger partial charge is 0.493 e. The van der Waals surface area contributed by atoms with Gasteiger partial charge < -0.3 is 24.4 Å². The van der Waals surface area contributed by atoms with Gasteiger partial charge in [0.05, 0.1) is 26.4 Å². The minimum Gasteiger partial charge on any atom is -0.493 e. The van der Waals surface area contributed by atoms with Crippen LogP contribution in [-0.2, 0) is 11.3 Å². The molecule has 0 aromatic heterocycles. The monoisotopic (exact) mass is 379 g/mol. The zero-order valence-electron chi connectivity index (χ0n) is 16.6. The summed E-state index contributed by atoms with van der Waals surface area (Å²) in [5.74, 6) is 1.09. The van der Waals surface area contributed by atoms with Gasteiger partial charge in [0.15, 0.2) is 11.5 Å². The van der Waals surface area contributed by atoms with Crippen LogP contribution in [0.3, 0.4) is 0 Å². The number of methoxy groups -OCH3 is 2. The number of benzene rings is 1. The van der Waals surface area contributed by atoms with Crippen molar-refractivity contribution in [1.29, 1.82) is 0 Å². The summed E-state index contributed by atoms with van der Waals surface area (Å²) in [5, 5.41) is 20.9. The van der Waals surface area contributed by atoms with Crippen LogP contribution in [0.5, 0.6) is 11.5 Å². The second-order valence-corrected chi connectivity index (χ2v) is 8.25. The fourth-order valence-electron chi connectivity index (χ4n) is 4.11. The Kier molecular flexibility index (Phi) is 5.27. The number of nitrogens with zero attached hydrogens (tertiary/aromatic N) is 1. The second-order valence-electron chi connectivity index (χ2n) is 8.25. The van der Waals surface area contributed by atoms with Crippen LogP contribution in [0.4, 0.5) is 4.79 Å². The van der Waals surface area contributed by atoms with Gasteiger partial charge in [-0.15, -0.1) is 0 Å². The first kappa shape index (κ1) is 19.8. The number of hydrogen-bond donors (Lipinski definition) is 2. The topological polar surface area (TPSA) is 88.5 Å². The maximum Gasteiger partial charge on any atom is 0.410 e. The van der Waals surface area contributed by atoms with Crippen LogP contribution in [0, 0.1) is 0 Å². The third kappa shape index (κ3) is 3.71. The van der Waals surface area contributed by atoms with E-state index in [1.165, 1.54) is 4.90 Å². The van der Waals surface area contributed by atoms with Gasteiger partial charge in [0, 0.05) is 12.5 Å². The van der Waals surface area contributed by atoms with Gasteiger partial charge in [0.1, 0.15) is 11.7 Å². The molecule has 2 aliphatic rings.